The SMILES string of the molecule is CCCNCc1cnc(N2CCCC2(C)C)nc1. The number of nitrogens with zero attached hydrogens (tertiary/aromatic N) is 3. The summed E-state index contributed by atoms with van der Waals surface area (Å²) >= 11 is 0. The molecule has 0 aliphatic carbocycles. The van der Waals surface area contributed by atoms with Crippen molar-refractivity contribution in [2.45, 2.75) is 52.1 Å². The van der Waals surface area contributed by atoms with Crippen molar-refractivity contribution in [2.24, 2.45) is 0 Å². The zero-order valence-corrected chi connectivity index (χ0v) is 11.7. The molecule has 0 atom stereocenters. The zero-order valence-electron chi connectivity index (χ0n) is 11.7. The monoisotopic (exact) mass is 248 g/mol. The maximum Gasteiger partial charge on any atom is 0.225 e. The fourth-order valence-electron chi connectivity index (χ4n) is 2.47. The second-order valence-corrected chi connectivity index (χ2v) is 5.64. The van der Waals surface area contributed by atoms with Gasteiger partial charge in [0.25, 0.3) is 0 Å². The molecule has 1 N–H and O–H groups in total. The summed E-state index contributed by atoms with van der Waals surface area (Å²) in [5.41, 5.74) is 1.35. The van der Waals surface area contributed by atoms with Gasteiger partial charge in [0.1, 0.15) is 0 Å². The third-order valence-corrected chi connectivity index (χ3v) is 3.59. The van der Waals surface area contributed by atoms with Gasteiger partial charge in [-0.1, -0.05) is 6.92 Å². The zero-order chi connectivity index (χ0) is 13.0. The minimum atomic E-state index is 0.196. The highest BCUT2D eigenvalue weighted by Gasteiger charge is 2.33. The van der Waals surface area contributed by atoms with Crippen molar-refractivity contribution >= 4 is 5.95 Å². The molecule has 0 aromatic carbocycles. The molecule has 0 bridgehead atoms. The lowest BCUT2D eigenvalue weighted by Gasteiger charge is -2.31. The van der Waals surface area contributed by atoms with Crippen molar-refractivity contribution in [1.82, 2.24) is 15.3 Å². The van der Waals surface area contributed by atoms with Gasteiger partial charge < -0.3 is 10.2 Å². The van der Waals surface area contributed by atoms with Crippen molar-refractivity contribution in [3.8, 4) is 0 Å². The van der Waals surface area contributed by atoms with E-state index in [-0.39, 0.29) is 5.54 Å². The molecule has 100 valence electrons. The molecular formula is C14H24N4. The molecule has 1 saturated heterocycles. The van der Waals surface area contributed by atoms with Crippen LogP contribution in [0.1, 0.15) is 45.6 Å². The van der Waals surface area contributed by atoms with Crippen LogP contribution in [-0.4, -0.2) is 28.6 Å². The fourth-order valence-corrected chi connectivity index (χ4v) is 2.47. The molecule has 1 aliphatic rings. The minimum absolute atomic E-state index is 0.196. The molecule has 0 amide bonds. The van der Waals surface area contributed by atoms with Gasteiger partial charge in [0.05, 0.1) is 0 Å². The molecule has 1 aliphatic heterocycles. The van der Waals surface area contributed by atoms with Crippen molar-refractivity contribution in [3.63, 3.8) is 0 Å². The largest absolute Gasteiger partial charge is 0.336 e. The Balaban J connectivity index is 1.99. The minimum Gasteiger partial charge on any atom is -0.336 e. The molecule has 0 spiro atoms. The number of rotatable bonds is 5. The van der Waals surface area contributed by atoms with Gasteiger partial charge >= 0.3 is 0 Å². The van der Waals surface area contributed by atoms with E-state index in [1.807, 2.05) is 12.4 Å². The molecule has 4 nitrogen and oxygen atoms in total. The smallest absolute Gasteiger partial charge is 0.225 e. The number of nitrogens with one attached hydrogen (secondary N) is 1. The van der Waals surface area contributed by atoms with E-state index in [0.29, 0.717) is 0 Å². The summed E-state index contributed by atoms with van der Waals surface area (Å²) in [5, 5.41) is 3.36. The van der Waals surface area contributed by atoms with Crippen molar-refractivity contribution in [1.29, 1.82) is 0 Å². The van der Waals surface area contributed by atoms with Crippen molar-refractivity contribution < 1.29 is 0 Å². The molecule has 1 aromatic rings. The Bertz CT molecular complexity index is 372. The van der Waals surface area contributed by atoms with Crippen LogP contribution in [-0.2, 0) is 6.54 Å². The number of hydrogen-bond acceptors (Lipinski definition) is 4. The first-order valence-corrected chi connectivity index (χ1v) is 6.93. The normalized spacial score (nSPS) is 18.3. The van der Waals surface area contributed by atoms with Gasteiger partial charge in [-0.25, -0.2) is 9.97 Å². The highest BCUT2D eigenvalue weighted by Crippen LogP contribution is 2.30. The summed E-state index contributed by atoms with van der Waals surface area (Å²) in [6.45, 7) is 9.67. The second kappa shape index (κ2) is 5.65. The number of anilines is 1. The summed E-state index contributed by atoms with van der Waals surface area (Å²) in [7, 11) is 0. The first kappa shape index (κ1) is 13.3. The van der Waals surface area contributed by atoms with E-state index in [1.165, 1.54) is 12.8 Å². The predicted molar refractivity (Wildman–Crippen MR) is 74.7 cm³/mol. The average Bonchev–Trinajstić information content (AvgIpc) is 2.70. The Morgan fingerprint density at radius 2 is 2.06 bits per heavy atom. The van der Waals surface area contributed by atoms with E-state index in [4.69, 9.17) is 0 Å². The average molecular weight is 248 g/mol. The molecule has 1 aromatic heterocycles. The first-order valence-electron chi connectivity index (χ1n) is 6.93. The van der Waals surface area contributed by atoms with Gasteiger partial charge in [-0.2, -0.15) is 0 Å². The Hall–Kier alpha value is -1.16. The Morgan fingerprint density at radius 3 is 2.61 bits per heavy atom. The van der Waals surface area contributed by atoms with Crippen LogP contribution in [0.4, 0.5) is 5.95 Å². The van der Waals surface area contributed by atoms with Gasteiger partial charge in [-0.3, -0.25) is 0 Å². The molecule has 18 heavy (non-hydrogen) atoms. The van der Waals surface area contributed by atoms with Crippen molar-refractivity contribution in [3.05, 3.63) is 18.0 Å². The standard InChI is InChI=1S/C14H24N4/c1-4-7-15-9-12-10-16-13(17-11-12)18-8-5-6-14(18,2)3/h10-11,15H,4-9H2,1-3H3. The molecule has 0 saturated carbocycles. The number of hydrogen-bond donors (Lipinski definition) is 1. The molecule has 4 heteroatoms. The molecule has 0 radical (unpaired) electrons. The lowest BCUT2D eigenvalue weighted by molar-refractivity contribution is 0.509. The summed E-state index contributed by atoms with van der Waals surface area (Å²) in [6, 6.07) is 0. The maximum absolute atomic E-state index is 4.51. The maximum atomic E-state index is 4.51. The molecule has 0 unspecified atom stereocenters. The van der Waals surface area contributed by atoms with Crippen LogP contribution < -0.4 is 10.2 Å². The highest BCUT2D eigenvalue weighted by molar-refractivity contribution is 5.36. The van der Waals surface area contributed by atoms with Crippen LogP contribution in [0.3, 0.4) is 0 Å². The lowest BCUT2D eigenvalue weighted by atomic mass is 10.0. The highest BCUT2D eigenvalue weighted by atomic mass is 15.3. The van der Waals surface area contributed by atoms with E-state index in [1.54, 1.807) is 0 Å². The van der Waals surface area contributed by atoms with Gasteiger partial charge in [0.2, 0.25) is 5.95 Å². The molecular weight excluding hydrogens is 224 g/mol. The van der Waals surface area contributed by atoms with Crippen molar-refractivity contribution in [2.75, 3.05) is 18.0 Å². The van der Waals surface area contributed by atoms with E-state index in [9.17, 15) is 0 Å². The molecule has 2 heterocycles. The van der Waals surface area contributed by atoms with E-state index in [2.05, 4.69) is 41.0 Å². The Labute approximate surface area is 110 Å². The molecule has 1 fully saturated rings. The van der Waals surface area contributed by atoms with Crippen LogP contribution in [0.2, 0.25) is 0 Å². The van der Waals surface area contributed by atoms with Gasteiger partial charge in [0, 0.05) is 36.6 Å². The van der Waals surface area contributed by atoms with E-state index in [0.717, 1.165) is 37.6 Å². The molecule has 2 rings (SSSR count). The Kier molecular flexibility index (Phi) is 4.17. The van der Waals surface area contributed by atoms with Crippen LogP contribution in [0.15, 0.2) is 12.4 Å². The van der Waals surface area contributed by atoms with E-state index < -0.39 is 0 Å². The fraction of sp³-hybridized carbons (Fsp3) is 0.714. The van der Waals surface area contributed by atoms with Gasteiger partial charge in [0.15, 0.2) is 0 Å². The van der Waals surface area contributed by atoms with Gasteiger partial charge in [-0.05, 0) is 39.7 Å². The predicted octanol–water partition coefficient (Wildman–Crippen LogP) is 2.36. The van der Waals surface area contributed by atoms with E-state index >= 15 is 0 Å². The third kappa shape index (κ3) is 2.99. The Morgan fingerprint density at radius 1 is 1.33 bits per heavy atom. The van der Waals surface area contributed by atoms with Crippen LogP contribution in [0.25, 0.3) is 0 Å². The third-order valence-electron chi connectivity index (χ3n) is 3.59. The number of aromatic nitrogens is 2. The lowest BCUT2D eigenvalue weighted by Crippen LogP contribution is -2.39. The summed E-state index contributed by atoms with van der Waals surface area (Å²) < 4.78 is 0. The summed E-state index contributed by atoms with van der Waals surface area (Å²) in [4.78, 5) is 11.3. The second-order valence-electron chi connectivity index (χ2n) is 5.64. The van der Waals surface area contributed by atoms with Gasteiger partial charge in [-0.15, -0.1) is 0 Å². The first-order chi connectivity index (χ1) is 8.63. The van der Waals surface area contributed by atoms with Crippen LogP contribution >= 0.6 is 0 Å². The topological polar surface area (TPSA) is 41.1 Å². The quantitative estimate of drug-likeness (QED) is 0.812. The summed E-state index contributed by atoms with van der Waals surface area (Å²) in [6.07, 6.45) is 7.49. The van der Waals surface area contributed by atoms with Crippen LogP contribution in [0, 0.1) is 0 Å². The van der Waals surface area contributed by atoms with Crippen LogP contribution in [0.5, 0.6) is 0 Å². The summed E-state index contributed by atoms with van der Waals surface area (Å²) in [5.74, 6) is 0.872.